The Morgan fingerprint density at radius 1 is 1.35 bits per heavy atom. The van der Waals surface area contributed by atoms with E-state index >= 15 is 0 Å². The summed E-state index contributed by atoms with van der Waals surface area (Å²) in [6.07, 6.45) is 4.42. The van der Waals surface area contributed by atoms with Gasteiger partial charge in [-0.2, -0.15) is 5.10 Å². The van der Waals surface area contributed by atoms with Crippen LogP contribution in [0.5, 0.6) is 5.75 Å². The number of carbonyl (C=O) groups excluding carboxylic acids is 1. The fourth-order valence-corrected chi connectivity index (χ4v) is 3.31. The summed E-state index contributed by atoms with van der Waals surface area (Å²) in [5.41, 5.74) is 8.42. The Morgan fingerprint density at radius 3 is 2.69 bits per heavy atom. The Bertz CT molecular complexity index is 741. The monoisotopic (exact) mass is 357 g/mol. The number of phenolic OH excluding ortho intramolecular Hbond substituents is 1. The van der Waals surface area contributed by atoms with Gasteiger partial charge >= 0.3 is 0 Å². The number of nitrogens with one attached hydrogen (secondary N) is 2. The molecule has 26 heavy (non-hydrogen) atoms. The number of hydrogen-bond donors (Lipinski definition) is 3. The van der Waals surface area contributed by atoms with Crippen LogP contribution in [0.15, 0.2) is 36.7 Å². The average molecular weight is 357 g/mol. The van der Waals surface area contributed by atoms with Crippen molar-refractivity contribution in [2.75, 3.05) is 6.54 Å². The minimum atomic E-state index is -0.274. The summed E-state index contributed by atoms with van der Waals surface area (Å²) in [5.74, 6) is 0.723. The van der Waals surface area contributed by atoms with Crippen LogP contribution in [0.4, 0.5) is 0 Å². The molecular formula is C19H27N5O2. The summed E-state index contributed by atoms with van der Waals surface area (Å²) in [5, 5.41) is 13.6. The van der Waals surface area contributed by atoms with E-state index in [1.54, 1.807) is 23.0 Å². The van der Waals surface area contributed by atoms with Crippen molar-refractivity contribution in [2.45, 2.75) is 38.9 Å². The largest absolute Gasteiger partial charge is 0.508 e. The highest BCUT2D eigenvalue weighted by Gasteiger charge is 2.33. The topological polar surface area (TPSA) is 82.4 Å². The molecular weight excluding hydrogens is 330 g/mol. The van der Waals surface area contributed by atoms with E-state index in [2.05, 4.69) is 29.8 Å². The highest BCUT2D eigenvalue weighted by molar-refractivity contribution is 5.82. The van der Waals surface area contributed by atoms with E-state index in [1.807, 2.05) is 30.3 Å². The first kappa shape index (κ1) is 18.4. The molecule has 140 valence electrons. The molecule has 1 aliphatic heterocycles. The molecule has 0 bridgehead atoms. The lowest BCUT2D eigenvalue weighted by molar-refractivity contribution is -0.134. The lowest BCUT2D eigenvalue weighted by Gasteiger charge is -2.26. The fraction of sp³-hybridized carbons (Fsp3) is 0.474. The molecule has 1 aromatic heterocycles. The minimum absolute atomic E-state index is 0.0452. The van der Waals surface area contributed by atoms with Gasteiger partial charge < -0.3 is 10.0 Å². The number of nitrogens with zero attached hydrogens (tertiary/aromatic N) is 3. The zero-order valence-corrected chi connectivity index (χ0v) is 15.5. The Kier molecular flexibility index (Phi) is 5.58. The van der Waals surface area contributed by atoms with E-state index in [-0.39, 0.29) is 23.7 Å². The van der Waals surface area contributed by atoms with Gasteiger partial charge in [0.05, 0.1) is 6.20 Å². The molecule has 0 radical (unpaired) electrons. The third-order valence-corrected chi connectivity index (χ3v) is 4.53. The van der Waals surface area contributed by atoms with E-state index in [9.17, 15) is 9.90 Å². The third kappa shape index (κ3) is 4.42. The summed E-state index contributed by atoms with van der Waals surface area (Å²) < 4.78 is 1.75. The van der Waals surface area contributed by atoms with Gasteiger partial charge in [-0.25, -0.2) is 10.9 Å². The first-order valence-electron chi connectivity index (χ1n) is 8.98. The van der Waals surface area contributed by atoms with E-state index in [4.69, 9.17) is 0 Å². The number of amides is 1. The zero-order chi connectivity index (χ0) is 18.7. The van der Waals surface area contributed by atoms with Crippen LogP contribution in [0.1, 0.15) is 37.4 Å². The molecule has 7 nitrogen and oxygen atoms in total. The predicted molar refractivity (Wildman–Crippen MR) is 99.0 cm³/mol. The Morgan fingerprint density at radius 2 is 2.08 bits per heavy atom. The van der Waals surface area contributed by atoms with Gasteiger partial charge in [-0.05, 0) is 30.0 Å². The van der Waals surface area contributed by atoms with Crippen molar-refractivity contribution in [3.63, 3.8) is 0 Å². The van der Waals surface area contributed by atoms with Gasteiger partial charge in [0.15, 0.2) is 0 Å². The first-order valence-corrected chi connectivity index (χ1v) is 8.98. The summed E-state index contributed by atoms with van der Waals surface area (Å²) in [7, 11) is 1.88. The molecule has 2 aromatic rings. The van der Waals surface area contributed by atoms with Gasteiger partial charge in [-0.3, -0.25) is 9.48 Å². The highest BCUT2D eigenvalue weighted by atomic mass is 16.3. The van der Waals surface area contributed by atoms with Crippen LogP contribution in [0, 0.1) is 5.92 Å². The molecule has 2 unspecified atom stereocenters. The van der Waals surface area contributed by atoms with Crippen molar-refractivity contribution >= 4 is 5.91 Å². The number of hydrogen-bond acceptors (Lipinski definition) is 5. The molecule has 0 spiro atoms. The van der Waals surface area contributed by atoms with Crippen LogP contribution in [-0.2, 0) is 18.4 Å². The molecule has 7 heteroatoms. The number of carbonyl (C=O) groups is 1. The van der Waals surface area contributed by atoms with E-state index < -0.39 is 0 Å². The Hall–Kier alpha value is -2.38. The lowest BCUT2D eigenvalue weighted by atomic mass is 10.0. The van der Waals surface area contributed by atoms with Gasteiger partial charge in [0.1, 0.15) is 11.8 Å². The van der Waals surface area contributed by atoms with E-state index in [1.165, 1.54) is 0 Å². The molecule has 1 fully saturated rings. The third-order valence-electron chi connectivity index (χ3n) is 4.53. The summed E-state index contributed by atoms with van der Waals surface area (Å²) in [4.78, 5) is 15.0. The van der Waals surface area contributed by atoms with Crippen LogP contribution < -0.4 is 10.9 Å². The summed E-state index contributed by atoms with van der Waals surface area (Å²) in [6.45, 7) is 5.49. The number of aromatic hydroxyl groups is 1. The molecule has 3 N–H and O–H groups in total. The van der Waals surface area contributed by atoms with Crippen molar-refractivity contribution in [1.82, 2.24) is 25.5 Å². The van der Waals surface area contributed by atoms with Crippen LogP contribution >= 0.6 is 0 Å². The maximum Gasteiger partial charge on any atom is 0.241 e. The molecule has 3 rings (SSSR count). The quantitative estimate of drug-likeness (QED) is 0.733. The molecule has 2 heterocycles. The standard InChI is InChI=1S/C19H27N5O2/c1-13(2)10-24(12-14-9-20-23(3)11-14)19(26)18-8-17(21-22-18)15-4-6-16(25)7-5-15/h4-7,9,11,13,17-18,21-22,25H,8,10,12H2,1-3H3. The zero-order valence-electron chi connectivity index (χ0n) is 15.5. The molecule has 1 aliphatic rings. The molecule has 1 aromatic carbocycles. The van der Waals surface area contributed by atoms with Gasteiger partial charge in [-0.1, -0.05) is 26.0 Å². The van der Waals surface area contributed by atoms with Crippen LogP contribution in [0.2, 0.25) is 0 Å². The van der Waals surface area contributed by atoms with Gasteiger partial charge in [0, 0.05) is 37.9 Å². The number of aromatic nitrogens is 2. The van der Waals surface area contributed by atoms with Crippen molar-refractivity contribution in [2.24, 2.45) is 13.0 Å². The minimum Gasteiger partial charge on any atom is -0.508 e. The van der Waals surface area contributed by atoms with Gasteiger partial charge in [0.25, 0.3) is 0 Å². The molecule has 1 amide bonds. The van der Waals surface area contributed by atoms with Crippen molar-refractivity contribution in [1.29, 1.82) is 0 Å². The molecule has 2 atom stereocenters. The maximum absolute atomic E-state index is 13.1. The van der Waals surface area contributed by atoms with Crippen LogP contribution in [0.25, 0.3) is 0 Å². The summed E-state index contributed by atoms with van der Waals surface area (Å²) >= 11 is 0. The fourth-order valence-electron chi connectivity index (χ4n) is 3.31. The van der Waals surface area contributed by atoms with E-state index in [0.717, 1.165) is 11.1 Å². The van der Waals surface area contributed by atoms with Crippen molar-refractivity contribution in [3.8, 4) is 5.75 Å². The van der Waals surface area contributed by atoms with Gasteiger partial charge in [0.2, 0.25) is 5.91 Å². The normalized spacial score (nSPS) is 19.8. The van der Waals surface area contributed by atoms with E-state index in [0.29, 0.717) is 25.4 Å². The molecule has 1 saturated heterocycles. The maximum atomic E-state index is 13.1. The second kappa shape index (κ2) is 7.88. The van der Waals surface area contributed by atoms with Crippen molar-refractivity contribution < 1.29 is 9.90 Å². The predicted octanol–water partition coefficient (Wildman–Crippen LogP) is 1.72. The second-order valence-corrected chi connectivity index (χ2v) is 7.36. The van der Waals surface area contributed by atoms with Crippen LogP contribution in [0.3, 0.4) is 0 Å². The van der Waals surface area contributed by atoms with Gasteiger partial charge in [-0.15, -0.1) is 0 Å². The second-order valence-electron chi connectivity index (χ2n) is 7.36. The molecule has 0 saturated carbocycles. The highest BCUT2D eigenvalue weighted by Crippen LogP contribution is 2.25. The Balaban J connectivity index is 1.67. The smallest absolute Gasteiger partial charge is 0.241 e. The number of phenols is 1. The number of benzene rings is 1. The number of aryl methyl sites for hydroxylation is 1. The van der Waals surface area contributed by atoms with Crippen molar-refractivity contribution in [3.05, 3.63) is 47.8 Å². The first-order chi connectivity index (χ1) is 12.4. The SMILES string of the molecule is CC(C)CN(Cc1cnn(C)c1)C(=O)C1CC(c2ccc(O)cc2)NN1. The Labute approximate surface area is 154 Å². The molecule has 0 aliphatic carbocycles. The van der Waals surface area contributed by atoms with Crippen LogP contribution in [-0.4, -0.2) is 38.3 Å². The average Bonchev–Trinajstić information content (AvgIpc) is 3.23. The summed E-state index contributed by atoms with van der Waals surface area (Å²) in [6, 6.07) is 6.86. The number of hydrazine groups is 1. The lowest BCUT2D eigenvalue weighted by Crippen LogP contribution is -2.46. The number of rotatable bonds is 6.